The molecule has 1 unspecified atom stereocenters. The molecule has 0 saturated carbocycles. The van der Waals surface area contributed by atoms with Gasteiger partial charge in [-0.05, 0) is 66.4 Å². The van der Waals surface area contributed by atoms with E-state index in [9.17, 15) is 18.0 Å². The monoisotopic (exact) mass is 631 g/mol. The van der Waals surface area contributed by atoms with E-state index in [1.54, 1.807) is 42.5 Å². The van der Waals surface area contributed by atoms with Gasteiger partial charge in [0.05, 0.1) is 10.6 Å². The number of hydrogen-bond donors (Lipinski definition) is 1. The van der Waals surface area contributed by atoms with E-state index in [4.69, 9.17) is 11.6 Å². The number of amides is 2. The van der Waals surface area contributed by atoms with Crippen LogP contribution in [0.2, 0.25) is 5.02 Å². The zero-order valence-corrected chi connectivity index (χ0v) is 26.6. The smallest absolute Gasteiger partial charge is 0.264 e. The molecule has 9 heteroatoms. The number of sulfonamides is 1. The van der Waals surface area contributed by atoms with Crippen LogP contribution in [0.4, 0.5) is 5.69 Å². The second-order valence-electron chi connectivity index (χ2n) is 10.6. The first-order valence-electron chi connectivity index (χ1n) is 14.7. The quantitative estimate of drug-likeness (QED) is 0.163. The molecule has 230 valence electrons. The van der Waals surface area contributed by atoms with E-state index in [1.807, 2.05) is 68.4 Å². The summed E-state index contributed by atoms with van der Waals surface area (Å²) in [6, 6.07) is 30.6. The summed E-state index contributed by atoms with van der Waals surface area (Å²) in [5, 5.41) is 3.44. The number of benzene rings is 4. The molecule has 0 aliphatic rings. The summed E-state index contributed by atoms with van der Waals surface area (Å²) in [5.74, 6) is -0.789. The van der Waals surface area contributed by atoms with Gasteiger partial charge in [0.15, 0.2) is 0 Å². The molecule has 0 saturated heterocycles. The van der Waals surface area contributed by atoms with Gasteiger partial charge in [0.2, 0.25) is 11.8 Å². The zero-order valence-electron chi connectivity index (χ0n) is 25.0. The van der Waals surface area contributed by atoms with Crippen molar-refractivity contribution in [1.82, 2.24) is 10.2 Å². The molecule has 0 aromatic heterocycles. The van der Waals surface area contributed by atoms with Crippen LogP contribution in [0.3, 0.4) is 0 Å². The molecule has 4 aromatic rings. The third-order valence-corrected chi connectivity index (χ3v) is 9.47. The number of anilines is 1. The molecule has 2 amide bonds. The van der Waals surface area contributed by atoms with Crippen LogP contribution in [0.25, 0.3) is 0 Å². The second-order valence-corrected chi connectivity index (χ2v) is 12.9. The summed E-state index contributed by atoms with van der Waals surface area (Å²) in [4.78, 5) is 29.8. The number of carbonyl (C=O) groups is 2. The lowest BCUT2D eigenvalue weighted by Crippen LogP contribution is -2.53. The van der Waals surface area contributed by atoms with E-state index in [0.717, 1.165) is 33.8 Å². The number of carbonyl (C=O) groups excluding carboxylic acids is 2. The van der Waals surface area contributed by atoms with Crippen molar-refractivity contribution < 1.29 is 18.0 Å². The Hall–Kier alpha value is -4.14. The van der Waals surface area contributed by atoms with Crippen molar-refractivity contribution in [3.8, 4) is 0 Å². The van der Waals surface area contributed by atoms with Gasteiger partial charge in [-0.2, -0.15) is 0 Å². The molecule has 44 heavy (non-hydrogen) atoms. The molecule has 4 aromatic carbocycles. The summed E-state index contributed by atoms with van der Waals surface area (Å²) >= 11 is 6.13. The van der Waals surface area contributed by atoms with Crippen molar-refractivity contribution >= 4 is 39.1 Å². The van der Waals surface area contributed by atoms with Crippen molar-refractivity contribution in [2.45, 2.75) is 50.6 Å². The van der Waals surface area contributed by atoms with Gasteiger partial charge < -0.3 is 10.2 Å². The number of halogens is 1. The summed E-state index contributed by atoms with van der Waals surface area (Å²) in [6.07, 6.45) is 1.97. The first-order chi connectivity index (χ1) is 21.2. The van der Waals surface area contributed by atoms with Crippen LogP contribution in [-0.4, -0.2) is 44.3 Å². The van der Waals surface area contributed by atoms with Crippen LogP contribution in [0.15, 0.2) is 114 Å². The molecular weight excluding hydrogens is 594 g/mol. The maximum Gasteiger partial charge on any atom is 0.264 e. The van der Waals surface area contributed by atoms with E-state index in [1.165, 1.54) is 17.0 Å². The standard InChI is InChI=1S/C35H38ClN3O4S/c1-3-4-23-37-35(41)33(24-28-14-7-5-8-15-28)38(25-29-16-12-11-13-27(29)2)34(40)26-39(31-21-19-30(36)20-22-31)44(42,43)32-17-9-6-10-18-32/h5-22,33H,3-4,23-26H2,1-2H3,(H,37,41). The average molecular weight is 632 g/mol. The van der Waals surface area contributed by atoms with Crippen molar-refractivity contribution in [2.24, 2.45) is 0 Å². The minimum absolute atomic E-state index is 0.0475. The third kappa shape index (κ3) is 8.49. The SMILES string of the molecule is CCCCNC(=O)C(Cc1ccccc1)N(Cc1ccccc1C)C(=O)CN(c1ccc(Cl)cc1)S(=O)(=O)c1ccccc1. The minimum atomic E-state index is -4.16. The fraction of sp³-hybridized carbons (Fsp3) is 0.257. The molecule has 0 spiro atoms. The molecule has 7 nitrogen and oxygen atoms in total. The summed E-state index contributed by atoms with van der Waals surface area (Å²) in [6.45, 7) is 4.08. The molecule has 0 bridgehead atoms. The van der Waals surface area contributed by atoms with Crippen molar-refractivity contribution in [2.75, 3.05) is 17.4 Å². The number of unbranched alkanes of at least 4 members (excludes halogenated alkanes) is 1. The second kappa shape index (κ2) is 15.5. The van der Waals surface area contributed by atoms with Crippen LogP contribution < -0.4 is 9.62 Å². The minimum Gasteiger partial charge on any atom is -0.354 e. The van der Waals surface area contributed by atoms with Gasteiger partial charge in [-0.3, -0.25) is 13.9 Å². The largest absolute Gasteiger partial charge is 0.354 e. The van der Waals surface area contributed by atoms with Crippen molar-refractivity contribution in [3.63, 3.8) is 0 Å². The third-order valence-electron chi connectivity index (χ3n) is 7.43. The number of aryl methyl sites for hydroxylation is 1. The van der Waals surface area contributed by atoms with E-state index in [-0.39, 0.29) is 29.5 Å². The van der Waals surface area contributed by atoms with E-state index in [2.05, 4.69) is 5.32 Å². The maximum atomic E-state index is 14.5. The lowest BCUT2D eigenvalue weighted by Gasteiger charge is -2.34. The number of nitrogens with zero attached hydrogens (tertiary/aromatic N) is 2. The Morgan fingerprint density at radius 3 is 2.09 bits per heavy atom. The Labute approximate surface area is 265 Å². The van der Waals surface area contributed by atoms with Crippen LogP contribution in [-0.2, 0) is 32.6 Å². The highest BCUT2D eigenvalue weighted by Gasteiger charge is 2.34. The van der Waals surface area contributed by atoms with Crippen LogP contribution >= 0.6 is 11.6 Å². The fourth-order valence-corrected chi connectivity index (χ4v) is 6.45. The predicted molar refractivity (Wildman–Crippen MR) is 176 cm³/mol. The molecule has 0 heterocycles. The Balaban J connectivity index is 1.78. The van der Waals surface area contributed by atoms with Gasteiger partial charge in [0.25, 0.3) is 10.0 Å². The normalized spacial score (nSPS) is 11.9. The number of rotatable bonds is 14. The van der Waals surface area contributed by atoms with Gasteiger partial charge in [-0.15, -0.1) is 0 Å². The maximum absolute atomic E-state index is 14.5. The molecule has 4 rings (SSSR count). The summed E-state index contributed by atoms with van der Waals surface area (Å²) in [5.41, 5.74) is 3.00. The van der Waals surface area contributed by atoms with Gasteiger partial charge >= 0.3 is 0 Å². The van der Waals surface area contributed by atoms with Gasteiger partial charge in [0, 0.05) is 24.5 Å². The highest BCUT2D eigenvalue weighted by molar-refractivity contribution is 7.92. The number of hydrogen-bond acceptors (Lipinski definition) is 4. The topological polar surface area (TPSA) is 86.8 Å². The first-order valence-corrected chi connectivity index (χ1v) is 16.5. The zero-order chi connectivity index (χ0) is 31.5. The van der Waals surface area contributed by atoms with Crippen molar-refractivity contribution in [3.05, 3.63) is 131 Å². The highest BCUT2D eigenvalue weighted by atomic mass is 35.5. The molecule has 0 aliphatic carbocycles. The Bertz CT molecular complexity index is 1630. The highest BCUT2D eigenvalue weighted by Crippen LogP contribution is 2.26. The fourth-order valence-electron chi connectivity index (χ4n) is 4.89. The van der Waals surface area contributed by atoms with Crippen LogP contribution in [0.5, 0.6) is 0 Å². The molecule has 1 N–H and O–H groups in total. The first kappa shape index (κ1) is 32.8. The summed E-state index contributed by atoms with van der Waals surface area (Å²) < 4.78 is 29.1. The van der Waals surface area contributed by atoms with Gasteiger partial charge in [-0.25, -0.2) is 8.42 Å². The van der Waals surface area contributed by atoms with Crippen LogP contribution in [0.1, 0.15) is 36.5 Å². The lowest BCUT2D eigenvalue weighted by molar-refractivity contribution is -0.140. The molecule has 1 atom stereocenters. The molecule has 0 fully saturated rings. The number of nitrogens with one attached hydrogen (secondary N) is 1. The predicted octanol–water partition coefficient (Wildman–Crippen LogP) is 6.40. The Morgan fingerprint density at radius 2 is 1.45 bits per heavy atom. The Morgan fingerprint density at radius 1 is 0.841 bits per heavy atom. The lowest BCUT2D eigenvalue weighted by atomic mass is 10.0. The van der Waals surface area contributed by atoms with E-state index in [0.29, 0.717) is 11.6 Å². The Kier molecular flexibility index (Phi) is 11.6. The van der Waals surface area contributed by atoms with E-state index < -0.39 is 28.5 Å². The van der Waals surface area contributed by atoms with Gasteiger partial charge in [-0.1, -0.05) is 97.7 Å². The molecule has 0 aliphatic heterocycles. The average Bonchev–Trinajstić information content (AvgIpc) is 3.03. The van der Waals surface area contributed by atoms with Gasteiger partial charge in [0.1, 0.15) is 12.6 Å². The molecule has 0 radical (unpaired) electrons. The van der Waals surface area contributed by atoms with Crippen LogP contribution in [0, 0.1) is 6.92 Å². The van der Waals surface area contributed by atoms with E-state index >= 15 is 0 Å². The summed E-state index contributed by atoms with van der Waals surface area (Å²) in [7, 11) is -4.16. The van der Waals surface area contributed by atoms with Crippen molar-refractivity contribution in [1.29, 1.82) is 0 Å². The molecular formula is C35H38ClN3O4S.